The van der Waals surface area contributed by atoms with E-state index in [1.807, 2.05) is 13.8 Å². The van der Waals surface area contributed by atoms with Crippen molar-refractivity contribution in [2.24, 2.45) is 5.92 Å². The predicted molar refractivity (Wildman–Crippen MR) is 119 cm³/mol. The Morgan fingerprint density at radius 3 is 2.28 bits per heavy atom. The van der Waals surface area contributed by atoms with Gasteiger partial charge in [-0.1, -0.05) is 44.4 Å². The molecule has 2 N–H and O–H groups in total. The number of carbonyl (C=O) groups excluding carboxylic acids is 1. The summed E-state index contributed by atoms with van der Waals surface area (Å²) in [6.07, 6.45) is 1.82. The van der Waals surface area contributed by atoms with Crippen molar-refractivity contribution >= 4 is 33.2 Å². The van der Waals surface area contributed by atoms with Gasteiger partial charge >= 0.3 is 0 Å². The van der Waals surface area contributed by atoms with Crippen LogP contribution >= 0.6 is 11.6 Å². The second-order valence-corrected chi connectivity index (χ2v) is 9.53. The van der Waals surface area contributed by atoms with Gasteiger partial charge in [0.1, 0.15) is 0 Å². The summed E-state index contributed by atoms with van der Waals surface area (Å²) in [4.78, 5) is 12.8. The van der Waals surface area contributed by atoms with Crippen molar-refractivity contribution < 1.29 is 13.2 Å². The van der Waals surface area contributed by atoms with E-state index in [9.17, 15) is 13.2 Å². The molecule has 7 heteroatoms. The highest BCUT2D eigenvalue weighted by Crippen LogP contribution is 2.23. The summed E-state index contributed by atoms with van der Waals surface area (Å²) in [5, 5.41) is 3.32. The van der Waals surface area contributed by atoms with Crippen LogP contribution in [0.4, 0.5) is 5.69 Å². The van der Waals surface area contributed by atoms with Crippen molar-refractivity contribution in [1.82, 2.24) is 4.72 Å². The molecule has 29 heavy (non-hydrogen) atoms. The lowest BCUT2D eigenvalue weighted by molar-refractivity contribution is 0.102. The van der Waals surface area contributed by atoms with Crippen LogP contribution in [0, 0.1) is 19.8 Å². The van der Waals surface area contributed by atoms with Crippen LogP contribution < -0.4 is 10.0 Å². The second-order valence-electron chi connectivity index (χ2n) is 7.38. The van der Waals surface area contributed by atoms with Gasteiger partial charge in [0.15, 0.2) is 0 Å². The zero-order valence-electron chi connectivity index (χ0n) is 17.5. The van der Waals surface area contributed by atoms with Crippen molar-refractivity contribution in [3.05, 3.63) is 58.1 Å². The van der Waals surface area contributed by atoms with Crippen LogP contribution in [0.15, 0.2) is 41.3 Å². The number of hydrogen-bond acceptors (Lipinski definition) is 3. The smallest absolute Gasteiger partial charge is 0.255 e. The lowest BCUT2D eigenvalue weighted by Gasteiger charge is -2.22. The van der Waals surface area contributed by atoms with Crippen molar-refractivity contribution in [3.8, 4) is 0 Å². The van der Waals surface area contributed by atoms with Crippen molar-refractivity contribution in [3.63, 3.8) is 0 Å². The summed E-state index contributed by atoms with van der Waals surface area (Å²) in [6.45, 7) is 9.61. The topological polar surface area (TPSA) is 75.3 Å². The highest BCUT2D eigenvalue weighted by atomic mass is 35.5. The van der Waals surface area contributed by atoms with Gasteiger partial charge in [-0.05, 0) is 68.1 Å². The molecule has 0 bridgehead atoms. The largest absolute Gasteiger partial charge is 0.322 e. The SMILES string of the molecule is CCC(CC)[C@@H](C)NS(=O)(=O)c1ccc(NC(=O)c2cc(Cl)ccc2C)c(C)c1. The van der Waals surface area contributed by atoms with Gasteiger partial charge in [0.2, 0.25) is 10.0 Å². The molecule has 0 saturated heterocycles. The van der Waals surface area contributed by atoms with Crippen LogP contribution in [0.1, 0.15) is 55.1 Å². The Bertz CT molecular complexity index is 986. The van der Waals surface area contributed by atoms with Gasteiger partial charge in [0, 0.05) is 22.3 Å². The van der Waals surface area contributed by atoms with Crippen LogP contribution in [0.3, 0.4) is 0 Å². The van der Waals surface area contributed by atoms with E-state index >= 15 is 0 Å². The molecule has 0 unspecified atom stereocenters. The number of aryl methyl sites for hydroxylation is 2. The number of rotatable bonds is 8. The maximum atomic E-state index is 12.8. The van der Waals surface area contributed by atoms with Crippen LogP contribution in [-0.2, 0) is 10.0 Å². The fourth-order valence-corrected chi connectivity index (χ4v) is 4.95. The summed E-state index contributed by atoms with van der Waals surface area (Å²) in [7, 11) is -3.64. The van der Waals surface area contributed by atoms with E-state index in [1.165, 1.54) is 6.07 Å². The van der Waals surface area contributed by atoms with E-state index in [0.29, 0.717) is 21.8 Å². The molecule has 0 aliphatic heterocycles. The lowest BCUT2D eigenvalue weighted by atomic mass is 9.96. The zero-order chi connectivity index (χ0) is 21.8. The molecule has 0 aromatic heterocycles. The van der Waals surface area contributed by atoms with Gasteiger partial charge in [-0.2, -0.15) is 0 Å². The first-order valence-corrected chi connectivity index (χ1v) is 11.7. The summed E-state index contributed by atoms with van der Waals surface area (Å²) in [6, 6.07) is 9.67. The molecule has 0 aliphatic rings. The van der Waals surface area contributed by atoms with Gasteiger partial charge < -0.3 is 5.32 Å². The van der Waals surface area contributed by atoms with Gasteiger partial charge in [-0.15, -0.1) is 0 Å². The molecule has 2 aromatic rings. The van der Waals surface area contributed by atoms with E-state index in [4.69, 9.17) is 11.6 Å². The lowest BCUT2D eigenvalue weighted by Crippen LogP contribution is -2.37. The standard InChI is InChI=1S/C22H29ClN2O3S/c1-6-17(7-2)16(5)25-29(27,28)19-10-11-21(15(4)12-19)24-22(26)20-13-18(23)9-8-14(20)3/h8-13,16-17,25H,6-7H2,1-5H3,(H,24,26)/t16-/m1/s1. The van der Waals surface area contributed by atoms with Crippen LogP contribution in [-0.4, -0.2) is 20.4 Å². The monoisotopic (exact) mass is 436 g/mol. The Kier molecular flexibility index (Phi) is 7.86. The molecule has 0 spiro atoms. The van der Waals surface area contributed by atoms with Crippen molar-refractivity contribution in [2.45, 2.75) is 58.4 Å². The highest BCUT2D eigenvalue weighted by Gasteiger charge is 2.22. The second kappa shape index (κ2) is 9.74. The van der Waals surface area contributed by atoms with Crippen LogP contribution in [0.25, 0.3) is 0 Å². The average Bonchev–Trinajstić information content (AvgIpc) is 2.65. The molecule has 0 saturated carbocycles. The molecule has 0 heterocycles. The molecule has 1 atom stereocenters. The molecular formula is C22H29ClN2O3S. The van der Waals surface area contributed by atoms with E-state index in [1.54, 1.807) is 37.3 Å². The zero-order valence-corrected chi connectivity index (χ0v) is 19.1. The molecule has 5 nitrogen and oxygen atoms in total. The average molecular weight is 437 g/mol. The number of anilines is 1. The van der Waals surface area contributed by atoms with Gasteiger partial charge in [-0.25, -0.2) is 13.1 Å². The molecule has 0 fully saturated rings. The maximum Gasteiger partial charge on any atom is 0.255 e. The Hall–Kier alpha value is -1.89. The van der Waals surface area contributed by atoms with E-state index < -0.39 is 10.0 Å². The van der Waals surface area contributed by atoms with Gasteiger partial charge in [-0.3, -0.25) is 4.79 Å². The first kappa shape index (κ1) is 23.4. The molecule has 1 amide bonds. The minimum absolute atomic E-state index is 0.152. The number of nitrogens with one attached hydrogen (secondary N) is 2. The minimum Gasteiger partial charge on any atom is -0.322 e. The molecule has 0 aliphatic carbocycles. The first-order chi connectivity index (χ1) is 13.6. The van der Waals surface area contributed by atoms with Crippen LogP contribution in [0.2, 0.25) is 5.02 Å². The van der Waals surface area contributed by atoms with Gasteiger partial charge in [0.05, 0.1) is 4.90 Å². The third-order valence-corrected chi connectivity index (χ3v) is 7.09. The van der Waals surface area contributed by atoms with E-state index in [-0.39, 0.29) is 22.8 Å². The summed E-state index contributed by atoms with van der Waals surface area (Å²) >= 11 is 6.00. The normalized spacial score (nSPS) is 12.8. The first-order valence-electron chi connectivity index (χ1n) is 9.79. The quantitative estimate of drug-likeness (QED) is 0.588. The highest BCUT2D eigenvalue weighted by molar-refractivity contribution is 7.89. The summed E-state index contributed by atoms with van der Waals surface area (Å²) < 4.78 is 28.3. The third kappa shape index (κ3) is 5.81. The molecule has 0 radical (unpaired) electrons. The fraction of sp³-hybridized carbons (Fsp3) is 0.409. The summed E-state index contributed by atoms with van der Waals surface area (Å²) in [5.41, 5.74) is 2.51. The van der Waals surface area contributed by atoms with Crippen LogP contribution in [0.5, 0.6) is 0 Å². The molecule has 2 rings (SSSR count). The molecular weight excluding hydrogens is 408 g/mol. The number of benzene rings is 2. The molecule has 158 valence electrons. The maximum absolute atomic E-state index is 12.8. The number of carbonyl (C=O) groups is 1. The van der Waals surface area contributed by atoms with E-state index in [2.05, 4.69) is 23.9 Å². The third-order valence-electron chi connectivity index (χ3n) is 5.30. The molecule has 2 aromatic carbocycles. The van der Waals surface area contributed by atoms with Crippen molar-refractivity contribution in [1.29, 1.82) is 0 Å². The van der Waals surface area contributed by atoms with Gasteiger partial charge in [0.25, 0.3) is 5.91 Å². The number of hydrogen-bond donors (Lipinski definition) is 2. The Morgan fingerprint density at radius 1 is 1.03 bits per heavy atom. The Balaban J connectivity index is 2.21. The number of amides is 1. The predicted octanol–water partition coefficient (Wildman–Crippen LogP) is 5.31. The minimum atomic E-state index is -3.64. The number of halogens is 1. The van der Waals surface area contributed by atoms with E-state index in [0.717, 1.165) is 18.4 Å². The van der Waals surface area contributed by atoms with Crippen molar-refractivity contribution in [2.75, 3.05) is 5.32 Å². The number of sulfonamides is 1. The fourth-order valence-electron chi connectivity index (χ4n) is 3.38. The Labute approximate surface area is 178 Å². The Morgan fingerprint density at radius 2 is 1.69 bits per heavy atom. The summed E-state index contributed by atoms with van der Waals surface area (Å²) in [5.74, 6) is -0.00504.